The van der Waals surface area contributed by atoms with Gasteiger partial charge in [0.25, 0.3) is 0 Å². The summed E-state index contributed by atoms with van der Waals surface area (Å²) in [7, 11) is 0. The largest absolute Gasteiger partial charge is 0.396 e. The Morgan fingerprint density at radius 2 is 2.25 bits per heavy atom. The van der Waals surface area contributed by atoms with Gasteiger partial charge in [0.1, 0.15) is 5.60 Å². The lowest BCUT2D eigenvalue weighted by molar-refractivity contribution is 0.110. The summed E-state index contributed by atoms with van der Waals surface area (Å²) < 4.78 is 5.46. The van der Waals surface area contributed by atoms with Crippen molar-refractivity contribution in [1.29, 1.82) is 0 Å². The predicted molar refractivity (Wildman–Crippen MR) is 43.7 cm³/mol. The second kappa shape index (κ2) is 2.69. The number of ether oxygens (including phenoxy) is 1. The molecule has 0 spiro atoms. The van der Waals surface area contributed by atoms with E-state index in [-0.39, 0.29) is 24.9 Å². The molecular weight excluding hydrogens is 156 g/mol. The third kappa shape index (κ3) is 1.08. The van der Waals surface area contributed by atoms with Crippen LogP contribution in [0.15, 0.2) is 0 Å². The van der Waals surface area contributed by atoms with Gasteiger partial charge >= 0.3 is 0 Å². The summed E-state index contributed by atoms with van der Waals surface area (Å²) in [5.74, 6) is 0.845. The summed E-state index contributed by atoms with van der Waals surface area (Å²) in [6, 6.07) is 0. The normalized spacial score (nSPS) is 51.8. The molecule has 2 aliphatic rings. The summed E-state index contributed by atoms with van der Waals surface area (Å²) in [5, 5.41) is 18.1. The summed E-state index contributed by atoms with van der Waals surface area (Å²) >= 11 is 0. The Bertz CT molecular complexity index is 183. The first kappa shape index (κ1) is 8.48. The first-order chi connectivity index (χ1) is 5.72. The van der Waals surface area contributed by atoms with Crippen LogP contribution in [0.4, 0.5) is 0 Å². The molecule has 2 N–H and O–H groups in total. The number of hydrogen-bond acceptors (Lipinski definition) is 3. The van der Waals surface area contributed by atoms with Gasteiger partial charge in [-0.25, -0.2) is 0 Å². The maximum Gasteiger partial charge on any atom is 0.118 e. The maximum absolute atomic E-state index is 9.08. The van der Waals surface area contributed by atoms with Gasteiger partial charge < -0.3 is 14.9 Å². The first-order valence-corrected chi connectivity index (χ1v) is 4.61. The lowest BCUT2D eigenvalue weighted by atomic mass is 9.75. The standard InChI is InChI=1S/C9H16O3/c1-6-3-9(5-11)8(12-9)2-7(6)4-10/h6-8,10-11H,2-5H2,1H3. The van der Waals surface area contributed by atoms with Crippen molar-refractivity contribution in [2.45, 2.75) is 31.5 Å². The molecule has 12 heavy (non-hydrogen) atoms. The van der Waals surface area contributed by atoms with Crippen molar-refractivity contribution in [1.82, 2.24) is 0 Å². The van der Waals surface area contributed by atoms with E-state index in [1.807, 2.05) is 0 Å². The molecule has 1 heterocycles. The minimum absolute atomic E-state index is 0.139. The zero-order valence-electron chi connectivity index (χ0n) is 7.36. The fourth-order valence-electron chi connectivity index (χ4n) is 2.37. The molecule has 1 saturated heterocycles. The SMILES string of the molecule is CC1CC2(CO)OC2CC1CO. The van der Waals surface area contributed by atoms with Crippen molar-refractivity contribution in [3.05, 3.63) is 0 Å². The molecule has 3 nitrogen and oxygen atoms in total. The molecule has 0 aromatic rings. The Kier molecular flexibility index (Phi) is 1.90. The van der Waals surface area contributed by atoms with E-state index < -0.39 is 0 Å². The minimum Gasteiger partial charge on any atom is -0.396 e. The quantitative estimate of drug-likeness (QED) is 0.583. The molecule has 0 aromatic carbocycles. The zero-order valence-corrected chi connectivity index (χ0v) is 7.36. The van der Waals surface area contributed by atoms with Crippen molar-refractivity contribution < 1.29 is 14.9 Å². The highest BCUT2D eigenvalue weighted by Gasteiger charge is 2.60. The van der Waals surface area contributed by atoms with Gasteiger partial charge in [-0.3, -0.25) is 0 Å². The smallest absolute Gasteiger partial charge is 0.118 e. The first-order valence-electron chi connectivity index (χ1n) is 4.61. The lowest BCUT2D eigenvalue weighted by Gasteiger charge is -2.28. The molecule has 0 bridgehead atoms. The van der Waals surface area contributed by atoms with E-state index in [1.165, 1.54) is 0 Å². The molecular formula is C9H16O3. The van der Waals surface area contributed by atoms with Gasteiger partial charge in [0, 0.05) is 6.61 Å². The average Bonchev–Trinajstić information content (AvgIpc) is 2.77. The fourth-order valence-corrected chi connectivity index (χ4v) is 2.37. The van der Waals surface area contributed by atoms with Crippen molar-refractivity contribution in [2.75, 3.05) is 13.2 Å². The van der Waals surface area contributed by atoms with Gasteiger partial charge in [-0.1, -0.05) is 6.92 Å². The van der Waals surface area contributed by atoms with Crippen LogP contribution in [0.5, 0.6) is 0 Å². The summed E-state index contributed by atoms with van der Waals surface area (Å²) in [6.07, 6.45) is 2.04. The third-order valence-corrected chi connectivity index (χ3v) is 3.40. The molecule has 1 aliphatic carbocycles. The number of aliphatic hydroxyl groups excluding tert-OH is 2. The summed E-state index contributed by atoms with van der Waals surface area (Å²) in [6.45, 7) is 2.51. The minimum atomic E-state index is -0.217. The zero-order chi connectivity index (χ0) is 8.77. The maximum atomic E-state index is 9.08. The van der Waals surface area contributed by atoms with Crippen LogP contribution in [0.2, 0.25) is 0 Å². The van der Waals surface area contributed by atoms with E-state index in [9.17, 15) is 0 Å². The van der Waals surface area contributed by atoms with Crippen LogP contribution in [-0.2, 0) is 4.74 Å². The van der Waals surface area contributed by atoms with Crippen LogP contribution >= 0.6 is 0 Å². The van der Waals surface area contributed by atoms with Crippen LogP contribution in [0.25, 0.3) is 0 Å². The number of fused-ring (bicyclic) bond motifs is 1. The van der Waals surface area contributed by atoms with E-state index in [0.29, 0.717) is 11.8 Å². The molecule has 1 aliphatic heterocycles. The predicted octanol–water partition coefficient (Wildman–Crippen LogP) is 0.155. The number of rotatable bonds is 2. The number of aliphatic hydroxyl groups is 2. The average molecular weight is 172 g/mol. The van der Waals surface area contributed by atoms with Gasteiger partial charge in [-0.05, 0) is 24.7 Å². The van der Waals surface area contributed by atoms with Gasteiger partial charge in [0.15, 0.2) is 0 Å². The Balaban J connectivity index is 2.00. The van der Waals surface area contributed by atoms with Crippen LogP contribution in [0, 0.1) is 11.8 Å². The molecule has 1 saturated carbocycles. The Morgan fingerprint density at radius 3 is 2.83 bits per heavy atom. The van der Waals surface area contributed by atoms with Gasteiger partial charge in [-0.15, -0.1) is 0 Å². The number of hydrogen-bond donors (Lipinski definition) is 2. The van der Waals surface area contributed by atoms with Crippen molar-refractivity contribution in [3.63, 3.8) is 0 Å². The van der Waals surface area contributed by atoms with Crippen LogP contribution in [-0.4, -0.2) is 35.1 Å². The van der Waals surface area contributed by atoms with E-state index in [0.717, 1.165) is 12.8 Å². The van der Waals surface area contributed by atoms with E-state index in [4.69, 9.17) is 14.9 Å². The molecule has 4 atom stereocenters. The highest BCUT2D eigenvalue weighted by atomic mass is 16.6. The molecule has 2 rings (SSSR count). The summed E-state index contributed by atoms with van der Waals surface area (Å²) in [5.41, 5.74) is -0.217. The monoisotopic (exact) mass is 172 g/mol. The Hall–Kier alpha value is -0.120. The second-order valence-corrected chi connectivity index (χ2v) is 4.19. The Morgan fingerprint density at radius 1 is 1.50 bits per heavy atom. The molecule has 4 unspecified atom stereocenters. The van der Waals surface area contributed by atoms with Gasteiger partial charge in [-0.2, -0.15) is 0 Å². The highest BCUT2D eigenvalue weighted by molar-refractivity contribution is 5.08. The van der Waals surface area contributed by atoms with Gasteiger partial charge in [0.05, 0.1) is 12.7 Å². The molecule has 0 amide bonds. The Labute approximate surface area is 72.3 Å². The highest BCUT2D eigenvalue weighted by Crippen LogP contribution is 2.51. The molecule has 70 valence electrons. The van der Waals surface area contributed by atoms with Crippen LogP contribution in [0.3, 0.4) is 0 Å². The molecule has 0 aromatic heterocycles. The van der Waals surface area contributed by atoms with Crippen LogP contribution < -0.4 is 0 Å². The number of epoxide rings is 1. The van der Waals surface area contributed by atoms with Crippen LogP contribution in [0.1, 0.15) is 19.8 Å². The van der Waals surface area contributed by atoms with E-state index in [1.54, 1.807) is 0 Å². The lowest BCUT2D eigenvalue weighted by Crippen LogP contribution is -2.34. The topological polar surface area (TPSA) is 53.0 Å². The fraction of sp³-hybridized carbons (Fsp3) is 1.00. The third-order valence-electron chi connectivity index (χ3n) is 3.40. The molecule has 2 fully saturated rings. The van der Waals surface area contributed by atoms with Crippen molar-refractivity contribution >= 4 is 0 Å². The van der Waals surface area contributed by atoms with Gasteiger partial charge in [0.2, 0.25) is 0 Å². The van der Waals surface area contributed by atoms with Crippen molar-refractivity contribution in [3.8, 4) is 0 Å². The van der Waals surface area contributed by atoms with E-state index >= 15 is 0 Å². The summed E-state index contributed by atoms with van der Waals surface area (Å²) in [4.78, 5) is 0. The second-order valence-electron chi connectivity index (χ2n) is 4.19. The van der Waals surface area contributed by atoms with Crippen molar-refractivity contribution in [2.24, 2.45) is 11.8 Å². The molecule has 3 heteroatoms. The molecule has 0 radical (unpaired) electrons. The van der Waals surface area contributed by atoms with E-state index in [2.05, 4.69) is 6.92 Å².